The van der Waals surface area contributed by atoms with Crippen molar-refractivity contribution in [2.75, 3.05) is 20.2 Å². The molecule has 2 aliphatic rings. The molecule has 7 nitrogen and oxygen atoms in total. The summed E-state index contributed by atoms with van der Waals surface area (Å²) in [7, 11) is 1.63. The number of carbonyl (C=O) groups excluding carboxylic acids is 1. The molecule has 2 aromatic carbocycles. The summed E-state index contributed by atoms with van der Waals surface area (Å²) in [4.78, 5) is 19.0. The highest BCUT2D eigenvalue weighted by Gasteiger charge is 2.31. The predicted octanol–water partition coefficient (Wildman–Crippen LogP) is 4.95. The lowest BCUT2D eigenvalue weighted by Crippen LogP contribution is -2.38. The molecular formula is C28H31N5O2. The van der Waals surface area contributed by atoms with Crippen LogP contribution in [0.4, 0.5) is 0 Å². The molecule has 180 valence electrons. The van der Waals surface area contributed by atoms with Gasteiger partial charge < -0.3 is 14.6 Å². The minimum Gasteiger partial charge on any atom is -0.377 e. The van der Waals surface area contributed by atoms with Gasteiger partial charge in [0.1, 0.15) is 6.61 Å². The lowest BCUT2D eigenvalue weighted by molar-refractivity contribution is 0.0712. The first-order valence-electron chi connectivity index (χ1n) is 12.5. The van der Waals surface area contributed by atoms with Crippen LogP contribution in [0.3, 0.4) is 0 Å². The van der Waals surface area contributed by atoms with E-state index in [1.807, 2.05) is 35.2 Å². The fourth-order valence-electron chi connectivity index (χ4n) is 5.23. The molecule has 7 heteroatoms. The number of carbonyl (C=O) groups is 1. The lowest BCUT2D eigenvalue weighted by atomic mass is 9.86. The molecule has 0 atom stereocenters. The van der Waals surface area contributed by atoms with E-state index in [-0.39, 0.29) is 5.91 Å². The zero-order valence-electron chi connectivity index (χ0n) is 20.4. The summed E-state index contributed by atoms with van der Waals surface area (Å²) < 4.78 is 5.19. The van der Waals surface area contributed by atoms with Gasteiger partial charge in [-0.3, -0.25) is 4.79 Å². The number of likely N-dealkylation sites (tertiary alicyclic amines) is 1. The van der Waals surface area contributed by atoms with Crippen LogP contribution in [0.25, 0.3) is 11.4 Å². The lowest BCUT2D eigenvalue weighted by Gasteiger charge is -2.33. The molecule has 2 heterocycles. The van der Waals surface area contributed by atoms with Crippen LogP contribution in [-0.4, -0.2) is 46.2 Å². The fraction of sp³-hybridized carbons (Fsp3) is 0.429. The zero-order chi connectivity index (χ0) is 24.4. The van der Waals surface area contributed by atoms with Crippen LogP contribution in [0.1, 0.15) is 82.9 Å². The summed E-state index contributed by atoms with van der Waals surface area (Å²) in [5, 5.41) is 18.1. The van der Waals surface area contributed by atoms with E-state index in [9.17, 15) is 10.1 Å². The predicted molar refractivity (Wildman–Crippen MR) is 133 cm³/mol. The van der Waals surface area contributed by atoms with Gasteiger partial charge >= 0.3 is 0 Å². The highest BCUT2D eigenvalue weighted by atomic mass is 16.5. The van der Waals surface area contributed by atoms with Crippen LogP contribution in [0.2, 0.25) is 0 Å². The first-order chi connectivity index (χ1) is 17.1. The standard InChI is InChI=1S/C28H31N5O2/c1-3-18-14-23(19-8-9-19)25(27-30-26(17-35-2)31-32-27)15-24(18)28(34)33-12-10-20(11-13-33)22-7-5-4-6-21(22)16-29/h4-7,14-15,19-20H,3,8-13,17H2,1-2H3,(H,30,31,32). The average molecular weight is 470 g/mol. The van der Waals surface area contributed by atoms with Crippen molar-refractivity contribution in [3.8, 4) is 17.5 Å². The second kappa shape index (κ2) is 10.0. The first-order valence-corrected chi connectivity index (χ1v) is 12.5. The monoisotopic (exact) mass is 469 g/mol. The van der Waals surface area contributed by atoms with Crippen molar-refractivity contribution in [3.05, 3.63) is 70.0 Å². The highest BCUT2D eigenvalue weighted by Crippen LogP contribution is 2.45. The Labute approximate surface area is 206 Å². The Morgan fingerprint density at radius 2 is 1.86 bits per heavy atom. The van der Waals surface area contributed by atoms with Crippen molar-refractivity contribution < 1.29 is 9.53 Å². The normalized spacial score (nSPS) is 16.3. The van der Waals surface area contributed by atoms with E-state index in [2.05, 4.69) is 34.2 Å². The Kier molecular flexibility index (Phi) is 6.65. The second-order valence-corrected chi connectivity index (χ2v) is 9.54. The van der Waals surface area contributed by atoms with E-state index in [1.165, 1.54) is 18.4 Å². The SMILES string of the molecule is CCc1cc(C2CC2)c(-c2nnc(COC)[nH]2)cc1C(=O)N1CCC(c2ccccc2C#N)CC1. The zero-order valence-corrected chi connectivity index (χ0v) is 20.4. The van der Waals surface area contributed by atoms with Gasteiger partial charge in [-0.25, -0.2) is 0 Å². The van der Waals surface area contributed by atoms with Gasteiger partial charge in [0, 0.05) is 31.3 Å². The molecule has 1 amide bonds. The smallest absolute Gasteiger partial charge is 0.254 e. The van der Waals surface area contributed by atoms with Crippen molar-refractivity contribution in [2.24, 2.45) is 0 Å². The Hall–Kier alpha value is -3.50. The maximum atomic E-state index is 13.7. The first kappa shape index (κ1) is 23.3. The number of nitrogens with zero attached hydrogens (tertiary/aromatic N) is 4. The van der Waals surface area contributed by atoms with Gasteiger partial charge in [0.2, 0.25) is 0 Å². The van der Waals surface area contributed by atoms with Crippen molar-refractivity contribution in [1.82, 2.24) is 20.1 Å². The third-order valence-corrected chi connectivity index (χ3v) is 7.28. The number of nitrogens with one attached hydrogen (secondary N) is 1. The van der Waals surface area contributed by atoms with Crippen LogP contribution < -0.4 is 0 Å². The van der Waals surface area contributed by atoms with Gasteiger partial charge in [0.25, 0.3) is 5.91 Å². The molecule has 35 heavy (non-hydrogen) atoms. The Bertz CT molecular complexity index is 1260. The number of H-pyrrole nitrogens is 1. The van der Waals surface area contributed by atoms with Crippen molar-refractivity contribution in [1.29, 1.82) is 5.26 Å². The highest BCUT2D eigenvalue weighted by molar-refractivity contribution is 5.97. The second-order valence-electron chi connectivity index (χ2n) is 9.54. The average Bonchev–Trinajstić information content (AvgIpc) is 3.66. The number of nitriles is 1. The Balaban J connectivity index is 1.41. The van der Waals surface area contributed by atoms with Gasteiger partial charge in [-0.15, -0.1) is 10.2 Å². The molecule has 1 saturated carbocycles. The number of piperidine rings is 1. The summed E-state index contributed by atoms with van der Waals surface area (Å²) in [5.41, 5.74) is 5.92. The summed E-state index contributed by atoms with van der Waals surface area (Å²) in [6.45, 7) is 3.85. The Morgan fingerprint density at radius 1 is 1.11 bits per heavy atom. The van der Waals surface area contributed by atoms with E-state index < -0.39 is 0 Å². The van der Waals surface area contributed by atoms with Gasteiger partial charge in [0.05, 0.1) is 11.6 Å². The van der Waals surface area contributed by atoms with Gasteiger partial charge in [-0.05, 0) is 72.8 Å². The number of ether oxygens (including phenoxy) is 1. The maximum absolute atomic E-state index is 13.7. The number of aromatic amines is 1. The topological polar surface area (TPSA) is 94.9 Å². The molecule has 0 radical (unpaired) electrons. The number of rotatable bonds is 7. The molecule has 0 bridgehead atoms. The Morgan fingerprint density at radius 3 is 2.54 bits per heavy atom. The largest absolute Gasteiger partial charge is 0.377 e. The number of aryl methyl sites for hydroxylation is 1. The molecule has 0 spiro atoms. The van der Waals surface area contributed by atoms with E-state index in [4.69, 9.17) is 4.74 Å². The van der Waals surface area contributed by atoms with Crippen LogP contribution in [0, 0.1) is 11.3 Å². The molecule has 1 aromatic heterocycles. The van der Waals surface area contributed by atoms with Crippen molar-refractivity contribution >= 4 is 5.91 Å². The molecule has 1 aliphatic carbocycles. The summed E-state index contributed by atoms with van der Waals surface area (Å²) >= 11 is 0. The molecular weight excluding hydrogens is 438 g/mol. The maximum Gasteiger partial charge on any atom is 0.254 e. The fourth-order valence-corrected chi connectivity index (χ4v) is 5.23. The molecule has 0 unspecified atom stereocenters. The summed E-state index contributed by atoms with van der Waals surface area (Å²) in [6.07, 6.45) is 4.86. The van der Waals surface area contributed by atoms with E-state index in [0.29, 0.717) is 43.2 Å². The number of benzene rings is 2. The molecule has 5 rings (SSSR count). The van der Waals surface area contributed by atoms with Crippen molar-refractivity contribution in [2.45, 2.75) is 57.5 Å². The summed E-state index contributed by atoms with van der Waals surface area (Å²) in [5.74, 6) is 2.28. The summed E-state index contributed by atoms with van der Waals surface area (Å²) in [6, 6.07) is 14.4. The van der Waals surface area contributed by atoms with Crippen LogP contribution in [0.15, 0.2) is 36.4 Å². The minimum absolute atomic E-state index is 0.0779. The minimum atomic E-state index is 0.0779. The number of hydrogen-bond acceptors (Lipinski definition) is 5. The number of hydrogen-bond donors (Lipinski definition) is 1. The molecule has 1 saturated heterocycles. The third kappa shape index (κ3) is 4.71. The quantitative estimate of drug-likeness (QED) is 0.528. The van der Waals surface area contributed by atoms with E-state index in [0.717, 1.165) is 47.1 Å². The molecule has 1 aliphatic heterocycles. The van der Waals surface area contributed by atoms with Gasteiger partial charge in [-0.2, -0.15) is 5.26 Å². The number of amides is 1. The molecule has 1 N–H and O–H groups in total. The molecule has 3 aromatic rings. The van der Waals surface area contributed by atoms with Gasteiger partial charge in [-0.1, -0.05) is 31.2 Å². The van der Waals surface area contributed by atoms with Gasteiger partial charge in [0.15, 0.2) is 11.6 Å². The number of aromatic nitrogens is 3. The van der Waals surface area contributed by atoms with Crippen LogP contribution in [0.5, 0.6) is 0 Å². The van der Waals surface area contributed by atoms with Crippen LogP contribution in [-0.2, 0) is 17.8 Å². The third-order valence-electron chi connectivity index (χ3n) is 7.28. The number of methoxy groups -OCH3 is 1. The molecule has 2 fully saturated rings. The van der Waals surface area contributed by atoms with E-state index in [1.54, 1.807) is 7.11 Å². The van der Waals surface area contributed by atoms with E-state index >= 15 is 0 Å². The van der Waals surface area contributed by atoms with Crippen LogP contribution >= 0.6 is 0 Å². The van der Waals surface area contributed by atoms with Crippen molar-refractivity contribution in [3.63, 3.8) is 0 Å².